The summed E-state index contributed by atoms with van der Waals surface area (Å²) in [4.78, 5) is 9.63. The molecule has 0 aromatic rings. The number of hydrogen-bond acceptors (Lipinski definition) is 2. The molecular formula is C3H3NO2. The van der Waals surface area contributed by atoms with Crippen LogP contribution in [0.4, 0.5) is 0 Å². The molecule has 1 aliphatic heterocycles. The third-order valence-electron chi connectivity index (χ3n) is 0.519. The van der Waals surface area contributed by atoms with E-state index in [1.807, 2.05) is 0 Å². The van der Waals surface area contributed by atoms with Gasteiger partial charge >= 0.3 is 5.97 Å². The Bertz CT molecular complexity index is 116. The van der Waals surface area contributed by atoms with Gasteiger partial charge in [-0.25, -0.2) is 4.79 Å². The van der Waals surface area contributed by atoms with Gasteiger partial charge in [-0.15, -0.1) is 0 Å². The molecule has 0 saturated carbocycles. The molecule has 0 aliphatic carbocycles. The highest BCUT2D eigenvalue weighted by atomic mass is 16.4. The molecule has 1 heterocycles. The maximum atomic E-state index is 9.63. The van der Waals surface area contributed by atoms with Gasteiger partial charge < -0.3 is 10.4 Å². The Kier molecular flexibility index (Phi) is 0.395. The molecule has 0 unspecified atom stereocenters. The Labute approximate surface area is 34.3 Å². The van der Waals surface area contributed by atoms with Gasteiger partial charge in [-0.05, 0) is 0 Å². The van der Waals surface area contributed by atoms with E-state index in [1.54, 1.807) is 0 Å². The van der Waals surface area contributed by atoms with Crippen molar-refractivity contribution in [1.29, 1.82) is 0 Å². The lowest BCUT2D eigenvalue weighted by Crippen LogP contribution is -1.94. The monoisotopic (exact) mass is 85.0 g/mol. The van der Waals surface area contributed by atoms with Crippen LogP contribution in [0.5, 0.6) is 0 Å². The standard InChI is InChI=1S/C3H3NO2/c5-3(6)2-1-4-2/h1,4H,(H,5,6). The number of aliphatic carboxylic acids is 1. The van der Waals surface area contributed by atoms with Crippen molar-refractivity contribution in [3.8, 4) is 0 Å². The van der Waals surface area contributed by atoms with Gasteiger partial charge in [0.05, 0.1) is 0 Å². The number of hydrogen-bond donors (Lipinski definition) is 2. The predicted octanol–water partition coefficient (Wildman–Crippen LogP) is -0.484. The highest BCUT2D eigenvalue weighted by Crippen LogP contribution is 1.97. The van der Waals surface area contributed by atoms with Crippen molar-refractivity contribution in [1.82, 2.24) is 5.32 Å². The minimum absolute atomic E-state index is 0.301. The van der Waals surface area contributed by atoms with Crippen molar-refractivity contribution >= 4 is 5.97 Å². The summed E-state index contributed by atoms with van der Waals surface area (Å²) in [5.74, 6) is -0.880. The zero-order valence-electron chi connectivity index (χ0n) is 2.93. The minimum atomic E-state index is -0.880. The summed E-state index contributed by atoms with van der Waals surface area (Å²) in [6.07, 6.45) is 1.43. The van der Waals surface area contributed by atoms with Gasteiger partial charge in [-0.3, -0.25) is 0 Å². The van der Waals surface area contributed by atoms with Gasteiger partial charge in [0.1, 0.15) is 5.70 Å². The minimum Gasteiger partial charge on any atom is -0.477 e. The quantitative estimate of drug-likeness (QED) is 0.452. The number of rotatable bonds is 1. The average Bonchev–Trinajstić information content (AvgIpc) is 2.06. The summed E-state index contributed by atoms with van der Waals surface area (Å²) < 4.78 is 0. The van der Waals surface area contributed by atoms with E-state index in [0.717, 1.165) is 0 Å². The van der Waals surface area contributed by atoms with Gasteiger partial charge in [0.25, 0.3) is 0 Å². The summed E-state index contributed by atoms with van der Waals surface area (Å²) in [5.41, 5.74) is 0.301. The first kappa shape index (κ1) is 3.21. The smallest absolute Gasteiger partial charge is 0.353 e. The van der Waals surface area contributed by atoms with Crippen LogP contribution in [0.2, 0.25) is 0 Å². The van der Waals surface area contributed by atoms with E-state index in [-0.39, 0.29) is 0 Å². The Balaban J connectivity index is 2.52. The normalized spacial score (nSPS) is 15.0. The largest absolute Gasteiger partial charge is 0.477 e. The Hall–Kier alpha value is -0.990. The molecule has 0 fully saturated rings. The van der Waals surface area contributed by atoms with Crippen LogP contribution in [-0.4, -0.2) is 11.1 Å². The van der Waals surface area contributed by atoms with Crippen molar-refractivity contribution in [3.63, 3.8) is 0 Å². The topological polar surface area (TPSA) is 59.2 Å². The average molecular weight is 85.1 g/mol. The lowest BCUT2D eigenvalue weighted by atomic mass is 10.6. The second kappa shape index (κ2) is 0.739. The van der Waals surface area contributed by atoms with Crippen LogP contribution in [0.3, 0.4) is 0 Å². The first-order valence-electron chi connectivity index (χ1n) is 1.51. The van der Waals surface area contributed by atoms with Crippen LogP contribution in [0.1, 0.15) is 0 Å². The Morgan fingerprint density at radius 2 is 2.50 bits per heavy atom. The molecule has 3 heteroatoms. The molecule has 0 amide bonds. The van der Waals surface area contributed by atoms with Gasteiger partial charge in [-0.1, -0.05) is 0 Å². The molecule has 6 heavy (non-hydrogen) atoms. The van der Waals surface area contributed by atoms with Crippen LogP contribution >= 0.6 is 0 Å². The molecule has 0 bridgehead atoms. The summed E-state index contributed by atoms with van der Waals surface area (Å²) >= 11 is 0. The molecule has 2 N–H and O–H groups in total. The van der Waals surface area contributed by atoms with Crippen LogP contribution < -0.4 is 5.32 Å². The second-order valence-electron chi connectivity index (χ2n) is 1.01. The number of carboxylic acids is 1. The summed E-state index contributed by atoms with van der Waals surface area (Å²) in [6.45, 7) is 0. The third kappa shape index (κ3) is 0.337. The highest BCUT2D eigenvalue weighted by Gasteiger charge is 2.13. The van der Waals surface area contributed by atoms with Crippen molar-refractivity contribution < 1.29 is 9.90 Å². The van der Waals surface area contributed by atoms with E-state index >= 15 is 0 Å². The van der Waals surface area contributed by atoms with E-state index in [0.29, 0.717) is 5.70 Å². The van der Waals surface area contributed by atoms with Crippen LogP contribution in [-0.2, 0) is 4.79 Å². The third-order valence-corrected chi connectivity index (χ3v) is 0.519. The fraction of sp³-hybridized carbons (Fsp3) is 0. The molecule has 0 atom stereocenters. The van der Waals surface area contributed by atoms with Crippen molar-refractivity contribution in [2.24, 2.45) is 0 Å². The summed E-state index contributed by atoms with van der Waals surface area (Å²) in [6, 6.07) is 0. The molecule has 1 rings (SSSR count). The van der Waals surface area contributed by atoms with Crippen molar-refractivity contribution in [2.75, 3.05) is 0 Å². The number of carbonyl (C=O) groups is 1. The molecular weight excluding hydrogens is 82.0 g/mol. The fourth-order valence-corrected chi connectivity index (χ4v) is 0.160. The van der Waals surface area contributed by atoms with E-state index in [2.05, 4.69) is 5.32 Å². The first-order chi connectivity index (χ1) is 2.80. The van der Waals surface area contributed by atoms with E-state index in [4.69, 9.17) is 5.11 Å². The van der Waals surface area contributed by atoms with E-state index < -0.39 is 5.97 Å². The lowest BCUT2D eigenvalue weighted by Gasteiger charge is -1.71. The van der Waals surface area contributed by atoms with Crippen LogP contribution in [0.25, 0.3) is 0 Å². The van der Waals surface area contributed by atoms with Crippen LogP contribution in [0.15, 0.2) is 11.9 Å². The predicted molar refractivity (Wildman–Crippen MR) is 18.9 cm³/mol. The van der Waals surface area contributed by atoms with Gasteiger partial charge in [0.2, 0.25) is 0 Å². The van der Waals surface area contributed by atoms with E-state index in [1.165, 1.54) is 6.20 Å². The van der Waals surface area contributed by atoms with Crippen LogP contribution in [0, 0.1) is 0 Å². The Morgan fingerprint density at radius 3 is 2.50 bits per heavy atom. The van der Waals surface area contributed by atoms with Gasteiger partial charge in [-0.2, -0.15) is 0 Å². The molecule has 32 valence electrons. The van der Waals surface area contributed by atoms with E-state index in [9.17, 15) is 4.79 Å². The number of carboxylic acid groups (broad SMARTS) is 1. The zero-order chi connectivity index (χ0) is 4.57. The first-order valence-corrected chi connectivity index (χ1v) is 1.51. The molecule has 0 aromatic heterocycles. The highest BCUT2D eigenvalue weighted by molar-refractivity contribution is 5.89. The number of nitrogens with one attached hydrogen (secondary N) is 1. The summed E-state index contributed by atoms with van der Waals surface area (Å²) in [7, 11) is 0. The zero-order valence-corrected chi connectivity index (χ0v) is 2.93. The summed E-state index contributed by atoms with van der Waals surface area (Å²) in [5, 5.41) is 10.3. The molecule has 1 aliphatic rings. The maximum Gasteiger partial charge on any atom is 0.353 e. The molecule has 0 saturated heterocycles. The SMILES string of the molecule is O=C(O)C1=CN1. The fourth-order valence-electron chi connectivity index (χ4n) is 0.160. The molecule has 3 nitrogen and oxygen atoms in total. The van der Waals surface area contributed by atoms with Crippen molar-refractivity contribution in [2.45, 2.75) is 0 Å². The Morgan fingerprint density at radius 1 is 2.00 bits per heavy atom. The van der Waals surface area contributed by atoms with Gasteiger partial charge in [0, 0.05) is 6.20 Å². The second-order valence-corrected chi connectivity index (χ2v) is 1.01. The molecule has 0 spiro atoms. The molecule has 0 radical (unpaired) electrons. The van der Waals surface area contributed by atoms with Crippen molar-refractivity contribution in [3.05, 3.63) is 11.9 Å². The molecule has 0 aromatic carbocycles. The maximum absolute atomic E-state index is 9.63. The lowest BCUT2D eigenvalue weighted by molar-refractivity contribution is -0.132. The van der Waals surface area contributed by atoms with Gasteiger partial charge in [0.15, 0.2) is 0 Å².